The molecule has 21 heavy (non-hydrogen) atoms. The fraction of sp³-hybridized carbons (Fsp3) is 0.188. The van der Waals surface area contributed by atoms with Crippen molar-refractivity contribution < 1.29 is 19.4 Å². The molecule has 2 aromatic rings. The Bertz CT molecular complexity index is 640. The molecular formula is C16H17NO4. The molecule has 110 valence electrons. The first kappa shape index (κ1) is 14.7. The molecule has 0 fully saturated rings. The molecule has 0 radical (unpaired) electrons. The van der Waals surface area contributed by atoms with Crippen LogP contribution in [0.25, 0.3) is 0 Å². The molecule has 5 nitrogen and oxygen atoms in total. The summed E-state index contributed by atoms with van der Waals surface area (Å²) >= 11 is 0. The van der Waals surface area contributed by atoms with E-state index in [-0.39, 0.29) is 11.7 Å². The average Bonchev–Trinajstić information content (AvgIpc) is 2.48. The highest BCUT2D eigenvalue weighted by Gasteiger charge is 2.11. The van der Waals surface area contributed by atoms with Gasteiger partial charge in [-0.05, 0) is 37.3 Å². The van der Waals surface area contributed by atoms with Gasteiger partial charge in [-0.3, -0.25) is 4.79 Å². The summed E-state index contributed by atoms with van der Waals surface area (Å²) in [5.41, 5.74) is 0.964. The van der Waals surface area contributed by atoms with Crippen LogP contribution >= 0.6 is 0 Å². The van der Waals surface area contributed by atoms with E-state index in [2.05, 4.69) is 5.32 Å². The lowest BCUT2D eigenvalue weighted by molar-refractivity contribution is 0.102. The molecule has 0 aliphatic carbocycles. The van der Waals surface area contributed by atoms with Gasteiger partial charge in [0.1, 0.15) is 5.75 Å². The van der Waals surface area contributed by atoms with Crippen molar-refractivity contribution in [3.05, 3.63) is 48.0 Å². The summed E-state index contributed by atoms with van der Waals surface area (Å²) in [5, 5.41) is 12.1. The lowest BCUT2D eigenvalue weighted by atomic mass is 10.2. The molecule has 2 N–H and O–H groups in total. The van der Waals surface area contributed by atoms with Crippen LogP contribution in [-0.4, -0.2) is 24.7 Å². The average molecular weight is 287 g/mol. The van der Waals surface area contributed by atoms with Gasteiger partial charge < -0.3 is 19.9 Å². The van der Waals surface area contributed by atoms with E-state index in [4.69, 9.17) is 9.47 Å². The topological polar surface area (TPSA) is 67.8 Å². The predicted octanol–water partition coefficient (Wildman–Crippen LogP) is 3.05. The third kappa shape index (κ3) is 3.66. The fourth-order valence-corrected chi connectivity index (χ4v) is 1.87. The Hall–Kier alpha value is -2.69. The van der Waals surface area contributed by atoms with E-state index >= 15 is 0 Å². The number of hydrogen-bond acceptors (Lipinski definition) is 4. The number of benzene rings is 2. The SMILES string of the molecule is CCOc1ccc(C(=O)Nc2cccc(O)c2)cc1OC. The summed E-state index contributed by atoms with van der Waals surface area (Å²) in [5.74, 6) is 0.897. The number of nitrogens with one attached hydrogen (secondary N) is 1. The predicted molar refractivity (Wildman–Crippen MR) is 80.2 cm³/mol. The Morgan fingerprint density at radius 3 is 2.67 bits per heavy atom. The summed E-state index contributed by atoms with van der Waals surface area (Å²) in [6, 6.07) is 11.3. The highest BCUT2D eigenvalue weighted by molar-refractivity contribution is 6.04. The third-order valence-electron chi connectivity index (χ3n) is 2.83. The summed E-state index contributed by atoms with van der Waals surface area (Å²) < 4.78 is 10.6. The van der Waals surface area contributed by atoms with Gasteiger partial charge in [0.05, 0.1) is 13.7 Å². The van der Waals surface area contributed by atoms with E-state index in [1.54, 1.807) is 30.3 Å². The zero-order valence-electron chi connectivity index (χ0n) is 11.9. The number of aromatic hydroxyl groups is 1. The van der Waals surface area contributed by atoms with Crippen molar-refractivity contribution >= 4 is 11.6 Å². The Kier molecular flexibility index (Phi) is 4.66. The number of rotatable bonds is 5. The molecule has 2 rings (SSSR count). The van der Waals surface area contributed by atoms with Gasteiger partial charge in [0, 0.05) is 17.3 Å². The summed E-state index contributed by atoms with van der Waals surface area (Å²) in [6.07, 6.45) is 0. The van der Waals surface area contributed by atoms with Crippen LogP contribution in [-0.2, 0) is 0 Å². The highest BCUT2D eigenvalue weighted by Crippen LogP contribution is 2.28. The normalized spacial score (nSPS) is 10.0. The maximum Gasteiger partial charge on any atom is 0.255 e. The summed E-state index contributed by atoms with van der Waals surface area (Å²) in [7, 11) is 1.52. The maximum atomic E-state index is 12.2. The fourth-order valence-electron chi connectivity index (χ4n) is 1.87. The number of carbonyl (C=O) groups excluding carboxylic acids is 1. The molecule has 0 saturated carbocycles. The third-order valence-corrected chi connectivity index (χ3v) is 2.83. The van der Waals surface area contributed by atoms with Gasteiger partial charge in [0.2, 0.25) is 0 Å². The molecule has 5 heteroatoms. The van der Waals surface area contributed by atoms with Gasteiger partial charge in [-0.1, -0.05) is 6.07 Å². The van der Waals surface area contributed by atoms with Crippen LogP contribution in [0.15, 0.2) is 42.5 Å². The quantitative estimate of drug-likeness (QED) is 0.887. The Balaban J connectivity index is 2.19. The molecular weight excluding hydrogens is 270 g/mol. The summed E-state index contributed by atoms with van der Waals surface area (Å²) in [6.45, 7) is 2.40. The number of ether oxygens (including phenoxy) is 2. The Morgan fingerprint density at radius 1 is 1.19 bits per heavy atom. The smallest absolute Gasteiger partial charge is 0.255 e. The highest BCUT2D eigenvalue weighted by atomic mass is 16.5. The van der Waals surface area contributed by atoms with Crippen molar-refractivity contribution in [2.75, 3.05) is 19.0 Å². The van der Waals surface area contributed by atoms with E-state index in [0.29, 0.717) is 29.4 Å². The largest absolute Gasteiger partial charge is 0.508 e. The number of carbonyl (C=O) groups is 1. The van der Waals surface area contributed by atoms with Crippen molar-refractivity contribution in [1.29, 1.82) is 0 Å². The monoisotopic (exact) mass is 287 g/mol. The second kappa shape index (κ2) is 6.65. The van der Waals surface area contributed by atoms with Gasteiger partial charge in [-0.2, -0.15) is 0 Å². The molecule has 0 unspecified atom stereocenters. The number of methoxy groups -OCH3 is 1. The van der Waals surface area contributed by atoms with Gasteiger partial charge >= 0.3 is 0 Å². The van der Waals surface area contributed by atoms with Crippen LogP contribution in [0.3, 0.4) is 0 Å². The van der Waals surface area contributed by atoms with E-state index in [1.807, 2.05) is 6.92 Å². The molecule has 0 heterocycles. The number of amides is 1. The molecule has 1 amide bonds. The minimum atomic E-state index is -0.290. The number of hydrogen-bond donors (Lipinski definition) is 2. The summed E-state index contributed by atoms with van der Waals surface area (Å²) in [4.78, 5) is 12.2. The van der Waals surface area contributed by atoms with Crippen molar-refractivity contribution in [3.8, 4) is 17.2 Å². The molecule has 0 saturated heterocycles. The number of phenols is 1. The first-order chi connectivity index (χ1) is 10.1. The van der Waals surface area contributed by atoms with Crippen LogP contribution in [0.4, 0.5) is 5.69 Å². The Morgan fingerprint density at radius 2 is 2.00 bits per heavy atom. The molecule has 0 spiro atoms. The first-order valence-corrected chi connectivity index (χ1v) is 6.55. The standard InChI is InChI=1S/C16H17NO4/c1-3-21-14-8-7-11(9-15(14)20-2)16(19)17-12-5-4-6-13(18)10-12/h4-10,18H,3H2,1-2H3,(H,17,19). The molecule has 0 atom stereocenters. The van der Waals surface area contributed by atoms with E-state index < -0.39 is 0 Å². The molecule has 0 bridgehead atoms. The zero-order chi connectivity index (χ0) is 15.2. The van der Waals surface area contributed by atoms with Crippen molar-refractivity contribution in [3.63, 3.8) is 0 Å². The van der Waals surface area contributed by atoms with Crippen molar-refractivity contribution in [2.45, 2.75) is 6.92 Å². The van der Waals surface area contributed by atoms with Gasteiger partial charge in [-0.15, -0.1) is 0 Å². The van der Waals surface area contributed by atoms with Crippen molar-refractivity contribution in [1.82, 2.24) is 0 Å². The number of phenolic OH excluding ortho intramolecular Hbond substituents is 1. The Labute approximate surface area is 123 Å². The van der Waals surface area contributed by atoms with E-state index in [0.717, 1.165) is 0 Å². The van der Waals surface area contributed by atoms with Gasteiger partial charge in [0.25, 0.3) is 5.91 Å². The molecule has 0 aromatic heterocycles. The second-order valence-electron chi connectivity index (χ2n) is 4.30. The number of anilines is 1. The van der Waals surface area contributed by atoms with Crippen LogP contribution in [0, 0.1) is 0 Å². The second-order valence-corrected chi connectivity index (χ2v) is 4.30. The van der Waals surface area contributed by atoms with Crippen LogP contribution in [0.2, 0.25) is 0 Å². The van der Waals surface area contributed by atoms with Gasteiger partial charge in [-0.25, -0.2) is 0 Å². The molecule has 0 aliphatic rings. The lowest BCUT2D eigenvalue weighted by Gasteiger charge is -2.11. The van der Waals surface area contributed by atoms with E-state index in [1.165, 1.54) is 19.2 Å². The van der Waals surface area contributed by atoms with Crippen LogP contribution in [0.1, 0.15) is 17.3 Å². The van der Waals surface area contributed by atoms with Crippen LogP contribution in [0.5, 0.6) is 17.2 Å². The van der Waals surface area contributed by atoms with Crippen molar-refractivity contribution in [2.24, 2.45) is 0 Å². The lowest BCUT2D eigenvalue weighted by Crippen LogP contribution is -2.12. The minimum Gasteiger partial charge on any atom is -0.508 e. The molecule has 0 aliphatic heterocycles. The van der Waals surface area contributed by atoms with E-state index in [9.17, 15) is 9.90 Å². The van der Waals surface area contributed by atoms with Crippen LogP contribution < -0.4 is 14.8 Å². The minimum absolute atomic E-state index is 0.0945. The zero-order valence-corrected chi connectivity index (χ0v) is 11.9. The van der Waals surface area contributed by atoms with Gasteiger partial charge in [0.15, 0.2) is 11.5 Å². The molecule has 2 aromatic carbocycles. The first-order valence-electron chi connectivity index (χ1n) is 6.55. The maximum absolute atomic E-state index is 12.2.